The maximum Gasteiger partial charge on any atom is 0.326 e. The van der Waals surface area contributed by atoms with Crippen LogP contribution in [-0.4, -0.2) is 44.7 Å². The van der Waals surface area contributed by atoms with E-state index in [1.807, 2.05) is 36.4 Å². The van der Waals surface area contributed by atoms with Gasteiger partial charge >= 0.3 is 5.97 Å². The van der Waals surface area contributed by atoms with E-state index in [-0.39, 0.29) is 17.7 Å². The van der Waals surface area contributed by atoms with Crippen LogP contribution >= 0.6 is 0 Å². The minimum Gasteiger partial charge on any atom is -0.508 e. The van der Waals surface area contributed by atoms with Gasteiger partial charge in [0.05, 0.1) is 6.61 Å². The maximum atomic E-state index is 12.5. The summed E-state index contributed by atoms with van der Waals surface area (Å²) in [5.41, 5.74) is 3.69. The van der Waals surface area contributed by atoms with Crippen molar-refractivity contribution in [1.82, 2.24) is 15.3 Å². The van der Waals surface area contributed by atoms with Gasteiger partial charge in [-0.25, -0.2) is 14.8 Å². The Morgan fingerprint density at radius 3 is 2.07 bits per heavy atom. The van der Waals surface area contributed by atoms with Gasteiger partial charge in [0.2, 0.25) is 0 Å². The average Bonchev–Trinajstić information content (AvgIpc) is 2.99. The number of benzene rings is 3. The summed E-state index contributed by atoms with van der Waals surface area (Å²) < 4.78 is 5.85. The third-order valence-corrected chi connectivity index (χ3v) is 6.74. The predicted octanol–water partition coefficient (Wildman–Crippen LogP) is 6.29. The highest BCUT2D eigenvalue weighted by Crippen LogP contribution is 2.24. The van der Waals surface area contributed by atoms with Crippen LogP contribution in [0.15, 0.2) is 85.2 Å². The van der Waals surface area contributed by atoms with Gasteiger partial charge in [-0.2, -0.15) is 0 Å². The molecule has 41 heavy (non-hydrogen) atoms. The number of amides is 1. The van der Waals surface area contributed by atoms with Crippen LogP contribution in [-0.2, 0) is 11.2 Å². The third-order valence-electron chi connectivity index (χ3n) is 6.74. The molecule has 4 aromatic rings. The van der Waals surface area contributed by atoms with E-state index in [0.29, 0.717) is 5.82 Å². The van der Waals surface area contributed by atoms with Crippen LogP contribution in [0.2, 0.25) is 0 Å². The van der Waals surface area contributed by atoms with E-state index in [4.69, 9.17) is 4.74 Å². The number of ether oxygens (including phenoxy) is 1. The molecule has 8 heteroatoms. The Labute approximate surface area is 240 Å². The Morgan fingerprint density at radius 1 is 0.805 bits per heavy atom. The summed E-state index contributed by atoms with van der Waals surface area (Å²) in [6.07, 6.45) is 9.69. The number of carboxylic acids is 1. The Balaban J connectivity index is 1.32. The summed E-state index contributed by atoms with van der Waals surface area (Å²) in [6, 6.07) is 19.7. The van der Waals surface area contributed by atoms with Crippen molar-refractivity contribution < 1.29 is 24.5 Å². The summed E-state index contributed by atoms with van der Waals surface area (Å²) in [7, 11) is 0. The molecule has 0 unspecified atom stereocenters. The number of aromatic hydroxyl groups is 1. The Kier molecular flexibility index (Phi) is 10.4. The average molecular weight is 554 g/mol. The molecular weight excluding hydrogens is 518 g/mol. The zero-order chi connectivity index (χ0) is 29.0. The number of aromatic nitrogens is 2. The van der Waals surface area contributed by atoms with Crippen LogP contribution < -0.4 is 10.1 Å². The van der Waals surface area contributed by atoms with Crippen molar-refractivity contribution in [2.45, 2.75) is 51.5 Å². The van der Waals surface area contributed by atoms with E-state index >= 15 is 0 Å². The highest BCUT2D eigenvalue weighted by atomic mass is 16.5. The zero-order valence-electron chi connectivity index (χ0n) is 23.1. The highest BCUT2D eigenvalue weighted by molar-refractivity contribution is 5.96. The number of phenols is 1. The van der Waals surface area contributed by atoms with E-state index in [1.165, 1.54) is 49.9 Å². The molecule has 1 aromatic heterocycles. The van der Waals surface area contributed by atoms with Gasteiger partial charge in [-0.15, -0.1) is 0 Å². The number of hydrogen-bond acceptors (Lipinski definition) is 6. The first kappa shape index (κ1) is 29.3. The topological polar surface area (TPSA) is 122 Å². The number of aliphatic carboxylic acids is 1. The molecule has 0 saturated carbocycles. The molecule has 8 nitrogen and oxygen atoms in total. The number of carbonyl (C=O) groups is 2. The van der Waals surface area contributed by atoms with Crippen molar-refractivity contribution in [2.24, 2.45) is 0 Å². The number of rotatable bonds is 14. The zero-order valence-corrected chi connectivity index (χ0v) is 23.1. The molecule has 1 heterocycles. The molecule has 0 bridgehead atoms. The van der Waals surface area contributed by atoms with E-state index < -0.39 is 17.9 Å². The first-order valence-corrected chi connectivity index (χ1v) is 13.9. The van der Waals surface area contributed by atoms with Crippen molar-refractivity contribution in [3.63, 3.8) is 0 Å². The molecule has 212 valence electrons. The van der Waals surface area contributed by atoms with Crippen LogP contribution in [0.5, 0.6) is 11.5 Å². The number of unbranched alkanes of at least 4 members (excludes halogenated alkanes) is 4. The molecule has 4 rings (SSSR count). The van der Waals surface area contributed by atoms with Crippen LogP contribution in [0.25, 0.3) is 22.5 Å². The van der Waals surface area contributed by atoms with Crippen LogP contribution in [0.3, 0.4) is 0 Å². The van der Waals surface area contributed by atoms with Gasteiger partial charge in [0, 0.05) is 35.5 Å². The molecule has 0 saturated heterocycles. The van der Waals surface area contributed by atoms with Crippen molar-refractivity contribution in [3.8, 4) is 34.0 Å². The lowest BCUT2D eigenvalue weighted by atomic mass is 10.0. The maximum absolute atomic E-state index is 12.5. The predicted molar refractivity (Wildman–Crippen MR) is 158 cm³/mol. The normalized spacial score (nSPS) is 11.5. The van der Waals surface area contributed by atoms with E-state index in [9.17, 15) is 19.8 Å². The fourth-order valence-electron chi connectivity index (χ4n) is 4.35. The molecule has 0 aliphatic heterocycles. The first-order chi connectivity index (χ1) is 19.9. The summed E-state index contributed by atoms with van der Waals surface area (Å²) in [6.45, 7) is 2.94. The number of hydrogen-bond donors (Lipinski definition) is 3. The molecular formula is C33H35N3O5. The van der Waals surface area contributed by atoms with Gasteiger partial charge < -0.3 is 20.3 Å². The Hall–Kier alpha value is -4.72. The van der Waals surface area contributed by atoms with Gasteiger partial charge in [-0.1, -0.05) is 69.0 Å². The second-order valence-corrected chi connectivity index (χ2v) is 9.89. The lowest BCUT2D eigenvalue weighted by molar-refractivity contribution is -0.139. The minimum absolute atomic E-state index is 0.0258. The molecule has 0 radical (unpaired) electrons. The number of phenolic OH excluding ortho intramolecular Hbond substituents is 1. The van der Waals surface area contributed by atoms with Gasteiger partial charge in [0.1, 0.15) is 17.5 Å². The monoisotopic (exact) mass is 553 g/mol. The summed E-state index contributed by atoms with van der Waals surface area (Å²) in [5, 5.41) is 21.6. The number of carboxylic acid groups (broad SMARTS) is 1. The number of nitrogens with zero attached hydrogens (tertiary/aromatic N) is 2. The summed E-state index contributed by atoms with van der Waals surface area (Å²) in [5.74, 6) is -0.229. The lowest BCUT2D eigenvalue weighted by Gasteiger charge is -2.15. The molecule has 0 aliphatic rings. The Bertz CT molecular complexity index is 1400. The van der Waals surface area contributed by atoms with Gasteiger partial charge in [0.15, 0.2) is 5.82 Å². The lowest BCUT2D eigenvalue weighted by Crippen LogP contribution is -2.42. The van der Waals surface area contributed by atoms with Gasteiger partial charge in [0.25, 0.3) is 5.91 Å². The molecule has 1 amide bonds. The molecule has 3 N–H and O–H groups in total. The quantitative estimate of drug-likeness (QED) is 0.157. The SMILES string of the molecule is CCCCCCCOc1ccc(-c2cnc(-c3ccc(C[C@H](NC(=O)c4ccc(O)cc4)C(=O)O)cc3)nc2)cc1. The molecule has 3 aromatic carbocycles. The van der Waals surface area contributed by atoms with Crippen LogP contribution in [0, 0.1) is 0 Å². The molecule has 1 atom stereocenters. The second kappa shape index (κ2) is 14.6. The first-order valence-electron chi connectivity index (χ1n) is 13.9. The third kappa shape index (κ3) is 8.63. The fourth-order valence-corrected chi connectivity index (χ4v) is 4.35. The van der Waals surface area contributed by atoms with Crippen LogP contribution in [0.4, 0.5) is 0 Å². The molecule has 0 fully saturated rings. The number of carbonyl (C=O) groups excluding carboxylic acids is 1. The van der Waals surface area contributed by atoms with Crippen molar-refractivity contribution in [1.29, 1.82) is 0 Å². The van der Waals surface area contributed by atoms with E-state index in [1.54, 1.807) is 24.5 Å². The smallest absolute Gasteiger partial charge is 0.326 e. The van der Waals surface area contributed by atoms with Crippen molar-refractivity contribution >= 4 is 11.9 Å². The highest BCUT2D eigenvalue weighted by Gasteiger charge is 2.21. The minimum atomic E-state index is -1.14. The van der Waals surface area contributed by atoms with Crippen LogP contribution in [0.1, 0.15) is 54.9 Å². The van der Waals surface area contributed by atoms with Gasteiger partial charge in [-0.05, 0) is 53.9 Å². The standard InChI is InChI=1S/C33H35N3O5/c1-2-3-4-5-6-19-41-29-17-13-24(14-18-29)27-21-34-31(35-22-27)25-9-7-23(8-10-25)20-30(33(39)40)36-32(38)26-11-15-28(37)16-12-26/h7-18,21-22,30,37H,2-6,19-20H2,1H3,(H,36,38)(H,39,40)/t30-/m0/s1. The van der Waals surface area contributed by atoms with Gasteiger partial charge in [-0.3, -0.25) is 4.79 Å². The van der Waals surface area contributed by atoms with E-state index in [2.05, 4.69) is 22.2 Å². The van der Waals surface area contributed by atoms with Crippen molar-refractivity contribution in [2.75, 3.05) is 6.61 Å². The molecule has 0 aliphatic carbocycles. The summed E-state index contributed by atoms with van der Waals surface area (Å²) in [4.78, 5) is 33.3. The largest absolute Gasteiger partial charge is 0.508 e. The second-order valence-electron chi connectivity index (χ2n) is 9.89. The molecule has 0 spiro atoms. The fraction of sp³-hybridized carbons (Fsp3) is 0.273. The van der Waals surface area contributed by atoms with Crippen molar-refractivity contribution in [3.05, 3.63) is 96.3 Å². The summed E-state index contributed by atoms with van der Waals surface area (Å²) >= 11 is 0. The number of nitrogens with one attached hydrogen (secondary N) is 1. The van der Waals surface area contributed by atoms with E-state index in [0.717, 1.165) is 41.0 Å². The Morgan fingerprint density at radius 2 is 1.44 bits per heavy atom.